The van der Waals surface area contributed by atoms with Crippen molar-refractivity contribution < 1.29 is 30.4 Å². The first-order chi connectivity index (χ1) is 12.6. The van der Waals surface area contributed by atoms with Gasteiger partial charge in [0.05, 0.1) is 10.6 Å². The van der Waals surface area contributed by atoms with E-state index in [1.165, 1.54) is 24.3 Å². The number of sulfonamides is 1. The quantitative estimate of drug-likeness (QED) is 0.675. The molecule has 0 atom stereocenters. The number of benzene rings is 2. The highest BCUT2D eigenvalue weighted by Gasteiger charge is 2.36. The van der Waals surface area contributed by atoms with Crippen molar-refractivity contribution in [3.8, 4) is 11.3 Å². The molecule has 1 heterocycles. The van der Waals surface area contributed by atoms with Crippen LogP contribution in [0.25, 0.3) is 11.3 Å². The summed E-state index contributed by atoms with van der Waals surface area (Å²) >= 11 is 0. The Morgan fingerprint density at radius 2 is 1.52 bits per heavy atom. The SMILES string of the molecule is O=S(=O)(Nn1nc(C(F)(F)F)cc1-c1cc(F)cc(F)c1)c1ccccc1. The Balaban J connectivity index is 2.13. The van der Waals surface area contributed by atoms with Crippen LogP contribution in [0.3, 0.4) is 0 Å². The Kier molecular flexibility index (Phi) is 4.64. The zero-order chi connectivity index (χ0) is 19.8. The van der Waals surface area contributed by atoms with E-state index in [4.69, 9.17) is 0 Å². The van der Waals surface area contributed by atoms with Crippen LogP contribution in [0.4, 0.5) is 22.0 Å². The summed E-state index contributed by atoms with van der Waals surface area (Å²) in [6.45, 7) is 0. The average molecular weight is 403 g/mol. The Labute approximate surface area is 150 Å². The van der Waals surface area contributed by atoms with Gasteiger partial charge in [-0.3, -0.25) is 0 Å². The van der Waals surface area contributed by atoms with Gasteiger partial charge in [-0.2, -0.15) is 31.2 Å². The number of nitrogens with one attached hydrogen (secondary N) is 1. The fourth-order valence-corrected chi connectivity index (χ4v) is 3.25. The van der Waals surface area contributed by atoms with Gasteiger partial charge in [0.2, 0.25) is 0 Å². The van der Waals surface area contributed by atoms with Gasteiger partial charge in [0.25, 0.3) is 10.0 Å². The lowest BCUT2D eigenvalue weighted by Crippen LogP contribution is -2.25. The number of halogens is 5. The summed E-state index contributed by atoms with van der Waals surface area (Å²) in [5.74, 6) is -2.09. The van der Waals surface area contributed by atoms with E-state index >= 15 is 0 Å². The molecule has 11 heteroatoms. The van der Waals surface area contributed by atoms with E-state index in [2.05, 4.69) is 5.10 Å². The van der Waals surface area contributed by atoms with Crippen LogP contribution in [0.1, 0.15) is 5.69 Å². The lowest BCUT2D eigenvalue weighted by molar-refractivity contribution is -0.141. The highest BCUT2D eigenvalue weighted by atomic mass is 32.2. The molecule has 0 saturated carbocycles. The third-order valence-electron chi connectivity index (χ3n) is 3.42. The molecule has 0 amide bonds. The predicted molar refractivity (Wildman–Crippen MR) is 85.6 cm³/mol. The molecular weight excluding hydrogens is 393 g/mol. The second-order valence-corrected chi connectivity index (χ2v) is 7.05. The first-order valence-corrected chi connectivity index (χ1v) is 8.76. The molecular formula is C16H10F5N3O2S. The number of alkyl halides is 3. The number of aromatic nitrogens is 2. The molecule has 0 bridgehead atoms. The predicted octanol–water partition coefficient (Wildman–Crippen LogP) is 3.78. The molecule has 0 fully saturated rings. The molecule has 3 aromatic rings. The summed E-state index contributed by atoms with van der Waals surface area (Å²) in [6.07, 6.45) is -4.90. The summed E-state index contributed by atoms with van der Waals surface area (Å²) in [5.41, 5.74) is -2.25. The van der Waals surface area contributed by atoms with Gasteiger partial charge in [-0.15, -0.1) is 5.10 Å². The summed E-state index contributed by atoms with van der Waals surface area (Å²) in [4.78, 5) is 1.95. The second kappa shape index (κ2) is 6.65. The van der Waals surface area contributed by atoms with E-state index in [-0.39, 0.29) is 10.5 Å². The lowest BCUT2D eigenvalue weighted by Gasteiger charge is -2.11. The summed E-state index contributed by atoms with van der Waals surface area (Å²) in [7, 11) is -4.30. The molecule has 0 unspecified atom stereocenters. The van der Waals surface area contributed by atoms with Gasteiger partial charge >= 0.3 is 6.18 Å². The van der Waals surface area contributed by atoms with E-state index < -0.39 is 39.2 Å². The van der Waals surface area contributed by atoms with Crippen molar-refractivity contribution in [1.82, 2.24) is 9.89 Å². The second-order valence-electron chi connectivity index (χ2n) is 5.39. The minimum absolute atomic E-state index is 0.231. The monoisotopic (exact) mass is 403 g/mol. The number of nitrogens with zero attached hydrogens (tertiary/aromatic N) is 2. The number of rotatable bonds is 4. The van der Waals surface area contributed by atoms with Crippen LogP contribution in [0, 0.1) is 11.6 Å². The zero-order valence-electron chi connectivity index (χ0n) is 13.2. The van der Waals surface area contributed by atoms with Gasteiger partial charge in [0, 0.05) is 11.6 Å². The van der Waals surface area contributed by atoms with E-state index in [9.17, 15) is 30.4 Å². The molecule has 1 aromatic heterocycles. The van der Waals surface area contributed by atoms with Crippen molar-refractivity contribution in [3.05, 3.63) is 71.9 Å². The fraction of sp³-hybridized carbons (Fsp3) is 0.0625. The van der Waals surface area contributed by atoms with Crippen molar-refractivity contribution >= 4 is 10.0 Å². The molecule has 0 aliphatic carbocycles. The van der Waals surface area contributed by atoms with Crippen LogP contribution >= 0.6 is 0 Å². The Hall–Kier alpha value is -2.95. The van der Waals surface area contributed by atoms with Gasteiger partial charge in [-0.1, -0.05) is 18.2 Å². The molecule has 0 radical (unpaired) electrons. The molecule has 142 valence electrons. The highest BCUT2D eigenvalue weighted by molar-refractivity contribution is 7.92. The minimum Gasteiger partial charge on any atom is -0.207 e. The summed E-state index contributed by atoms with van der Waals surface area (Å²) in [6, 6.07) is 9.36. The maximum atomic E-state index is 13.5. The van der Waals surface area contributed by atoms with Crippen LogP contribution in [-0.4, -0.2) is 18.3 Å². The van der Waals surface area contributed by atoms with Crippen LogP contribution in [-0.2, 0) is 16.2 Å². The van der Waals surface area contributed by atoms with Crippen LogP contribution < -0.4 is 4.83 Å². The van der Waals surface area contributed by atoms with Crippen molar-refractivity contribution in [3.63, 3.8) is 0 Å². The first kappa shape index (κ1) is 18.8. The van der Waals surface area contributed by atoms with Crippen molar-refractivity contribution in [2.24, 2.45) is 0 Å². The average Bonchev–Trinajstić information content (AvgIpc) is 2.98. The largest absolute Gasteiger partial charge is 0.435 e. The van der Waals surface area contributed by atoms with E-state index in [1.807, 2.05) is 4.83 Å². The third-order valence-corrected chi connectivity index (χ3v) is 4.72. The van der Waals surface area contributed by atoms with Gasteiger partial charge < -0.3 is 0 Å². The van der Waals surface area contributed by atoms with Crippen molar-refractivity contribution in [2.45, 2.75) is 11.1 Å². The van der Waals surface area contributed by atoms with Crippen molar-refractivity contribution in [1.29, 1.82) is 0 Å². The molecule has 0 aliphatic heterocycles. The van der Waals surface area contributed by atoms with Gasteiger partial charge in [-0.25, -0.2) is 8.78 Å². The van der Waals surface area contributed by atoms with Crippen molar-refractivity contribution in [2.75, 3.05) is 4.83 Å². The van der Waals surface area contributed by atoms with Crippen LogP contribution in [0.15, 0.2) is 59.5 Å². The van der Waals surface area contributed by atoms with E-state index in [1.54, 1.807) is 6.07 Å². The molecule has 2 aromatic carbocycles. The maximum Gasteiger partial charge on any atom is 0.435 e. The lowest BCUT2D eigenvalue weighted by atomic mass is 10.1. The fourth-order valence-electron chi connectivity index (χ4n) is 2.26. The minimum atomic E-state index is -4.90. The molecule has 0 saturated heterocycles. The summed E-state index contributed by atoms with van der Waals surface area (Å²) in [5, 5.41) is 3.18. The topological polar surface area (TPSA) is 64.0 Å². The van der Waals surface area contributed by atoms with E-state index in [0.717, 1.165) is 12.1 Å². The zero-order valence-corrected chi connectivity index (χ0v) is 14.0. The third kappa shape index (κ3) is 4.08. The van der Waals surface area contributed by atoms with Gasteiger partial charge in [0.1, 0.15) is 11.6 Å². The molecule has 27 heavy (non-hydrogen) atoms. The Morgan fingerprint density at radius 1 is 0.926 bits per heavy atom. The standard InChI is InChI=1S/C16H10F5N3O2S/c17-11-6-10(7-12(18)8-11)14-9-15(16(19,20)21)22-24(14)23-27(25,26)13-4-2-1-3-5-13/h1-9,23H. The molecule has 0 spiro atoms. The normalized spacial score (nSPS) is 12.2. The molecule has 5 nitrogen and oxygen atoms in total. The molecule has 0 aliphatic rings. The molecule has 1 N–H and O–H groups in total. The van der Waals surface area contributed by atoms with Gasteiger partial charge in [0.15, 0.2) is 5.69 Å². The highest BCUT2D eigenvalue weighted by Crippen LogP contribution is 2.32. The summed E-state index contributed by atoms with van der Waals surface area (Å²) < 4.78 is 90.7. The smallest absolute Gasteiger partial charge is 0.207 e. The Bertz CT molecular complexity index is 1060. The molecule has 3 rings (SSSR count). The Morgan fingerprint density at radius 3 is 2.07 bits per heavy atom. The number of hydrogen-bond acceptors (Lipinski definition) is 3. The van der Waals surface area contributed by atoms with E-state index in [0.29, 0.717) is 16.9 Å². The maximum absolute atomic E-state index is 13.5. The number of hydrogen-bond donors (Lipinski definition) is 1. The van der Waals surface area contributed by atoms with Crippen LogP contribution in [0.2, 0.25) is 0 Å². The first-order valence-electron chi connectivity index (χ1n) is 7.28. The van der Waals surface area contributed by atoms with Gasteiger partial charge in [-0.05, 0) is 30.3 Å². The van der Waals surface area contributed by atoms with Crippen LogP contribution in [0.5, 0.6) is 0 Å².